The quantitative estimate of drug-likeness (QED) is 0.773. The molecule has 0 aliphatic rings. The average molecular weight is 212 g/mol. The van der Waals surface area contributed by atoms with Gasteiger partial charge in [0.1, 0.15) is 0 Å². The molecule has 14 heavy (non-hydrogen) atoms. The van der Waals surface area contributed by atoms with E-state index in [0.717, 1.165) is 0 Å². The van der Waals surface area contributed by atoms with Gasteiger partial charge in [-0.2, -0.15) is 0 Å². The van der Waals surface area contributed by atoms with Crippen LogP contribution in [0, 0.1) is 0 Å². The molecule has 0 aromatic heterocycles. The van der Waals surface area contributed by atoms with Crippen molar-refractivity contribution < 1.29 is 9.59 Å². The summed E-state index contributed by atoms with van der Waals surface area (Å²) in [4.78, 5) is 22.0. The van der Waals surface area contributed by atoms with Gasteiger partial charge in [0.15, 0.2) is 5.78 Å². The average Bonchev–Trinajstić information content (AvgIpc) is 2.14. The summed E-state index contributed by atoms with van der Waals surface area (Å²) in [6.45, 7) is 1.38. The van der Waals surface area contributed by atoms with Crippen LogP contribution in [-0.2, 0) is 4.79 Å². The largest absolute Gasteiger partial charge is 0.349 e. The summed E-state index contributed by atoms with van der Waals surface area (Å²) in [5, 5.41) is 2.94. The number of halogens is 1. The van der Waals surface area contributed by atoms with Gasteiger partial charge >= 0.3 is 0 Å². The number of benzene rings is 1. The minimum atomic E-state index is -0.222. The van der Waals surface area contributed by atoms with Gasteiger partial charge in [0, 0.05) is 17.5 Å². The van der Waals surface area contributed by atoms with Crippen LogP contribution in [0.15, 0.2) is 24.3 Å². The van der Waals surface area contributed by atoms with Crippen LogP contribution in [0.3, 0.4) is 0 Å². The van der Waals surface area contributed by atoms with Gasteiger partial charge in [0.25, 0.3) is 0 Å². The van der Waals surface area contributed by atoms with Gasteiger partial charge in [0.2, 0.25) is 5.91 Å². The molecule has 0 aliphatic heterocycles. The van der Waals surface area contributed by atoms with Crippen molar-refractivity contribution in [2.75, 3.05) is 6.54 Å². The molecule has 0 heterocycles. The fourth-order valence-corrected chi connectivity index (χ4v) is 1.16. The second-order valence-corrected chi connectivity index (χ2v) is 3.28. The van der Waals surface area contributed by atoms with Gasteiger partial charge in [0.05, 0.1) is 6.54 Å². The molecule has 74 valence electrons. The van der Waals surface area contributed by atoms with E-state index in [9.17, 15) is 9.59 Å². The van der Waals surface area contributed by atoms with Gasteiger partial charge in [-0.05, 0) is 12.1 Å². The minimum absolute atomic E-state index is 0.00960. The monoisotopic (exact) mass is 211 g/mol. The van der Waals surface area contributed by atoms with E-state index in [1.165, 1.54) is 6.92 Å². The third-order valence-corrected chi connectivity index (χ3v) is 1.88. The highest BCUT2D eigenvalue weighted by Crippen LogP contribution is 2.10. The summed E-state index contributed by atoms with van der Waals surface area (Å²) in [7, 11) is 0. The van der Waals surface area contributed by atoms with Gasteiger partial charge in [-0.15, -0.1) is 0 Å². The molecule has 1 amide bonds. The molecule has 0 saturated heterocycles. The van der Waals surface area contributed by atoms with Gasteiger partial charge in [-0.3, -0.25) is 9.59 Å². The summed E-state index contributed by atoms with van der Waals surface area (Å²) in [5.74, 6) is -0.372. The fourth-order valence-electron chi connectivity index (χ4n) is 0.969. The summed E-state index contributed by atoms with van der Waals surface area (Å²) in [6, 6.07) is 6.63. The van der Waals surface area contributed by atoms with Crippen LogP contribution >= 0.6 is 11.6 Å². The van der Waals surface area contributed by atoms with Crippen molar-refractivity contribution in [3.63, 3.8) is 0 Å². The number of ketones is 1. The predicted molar refractivity (Wildman–Crippen MR) is 54.5 cm³/mol. The van der Waals surface area contributed by atoms with E-state index in [1.807, 2.05) is 0 Å². The van der Waals surface area contributed by atoms with Gasteiger partial charge in [-0.25, -0.2) is 0 Å². The first-order chi connectivity index (χ1) is 6.59. The highest BCUT2D eigenvalue weighted by Gasteiger charge is 2.05. The Morgan fingerprint density at radius 2 is 2.14 bits per heavy atom. The van der Waals surface area contributed by atoms with Crippen LogP contribution in [0.5, 0.6) is 0 Å². The zero-order chi connectivity index (χ0) is 10.6. The van der Waals surface area contributed by atoms with Crippen molar-refractivity contribution in [2.24, 2.45) is 0 Å². The lowest BCUT2D eigenvalue weighted by atomic mass is 10.1. The van der Waals surface area contributed by atoms with Crippen LogP contribution in [0.25, 0.3) is 0 Å². The number of Topliss-reactive ketones (excluding diaryl/α,β-unsaturated/α-hetero) is 1. The molecule has 0 fully saturated rings. The van der Waals surface area contributed by atoms with E-state index >= 15 is 0 Å². The molecule has 0 aliphatic carbocycles. The summed E-state index contributed by atoms with van der Waals surface area (Å²) in [6.07, 6.45) is 0. The smallest absolute Gasteiger partial charge is 0.217 e. The maximum atomic E-state index is 11.4. The van der Waals surface area contributed by atoms with Gasteiger partial charge in [-0.1, -0.05) is 23.7 Å². The molecular formula is C10H10ClNO2. The van der Waals surface area contributed by atoms with Crippen molar-refractivity contribution >= 4 is 23.3 Å². The Bertz CT molecular complexity index is 363. The number of carbonyl (C=O) groups excluding carboxylic acids is 2. The molecule has 3 nitrogen and oxygen atoms in total. The van der Waals surface area contributed by atoms with E-state index in [-0.39, 0.29) is 18.2 Å². The summed E-state index contributed by atoms with van der Waals surface area (Å²) >= 11 is 5.71. The molecule has 1 N–H and O–H groups in total. The second kappa shape index (κ2) is 4.77. The number of amides is 1. The molecule has 1 rings (SSSR count). The number of hydrogen-bond donors (Lipinski definition) is 1. The Kier molecular flexibility index (Phi) is 3.65. The molecule has 0 bridgehead atoms. The molecule has 0 saturated carbocycles. The highest BCUT2D eigenvalue weighted by atomic mass is 35.5. The van der Waals surface area contributed by atoms with Crippen molar-refractivity contribution in [3.8, 4) is 0 Å². The number of nitrogens with one attached hydrogen (secondary N) is 1. The third kappa shape index (κ3) is 3.18. The van der Waals surface area contributed by atoms with Crippen LogP contribution in [0.2, 0.25) is 5.02 Å². The highest BCUT2D eigenvalue weighted by molar-refractivity contribution is 6.31. The van der Waals surface area contributed by atoms with Crippen LogP contribution in [-0.4, -0.2) is 18.2 Å². The van der Waals surface area contributed by atoms with Gasteiger partial charge < -0.3 is 5.32 Å². The normalized spacial score (nSPS) is 9.57. The second-order valence-electron chi connectivity index (χ2n) is 2.84. The molecule has 1 aromatic rings. The van der Waals surface area contributed by atoms with E-state index in [0.29, 0.717) is 10.6 Å². The van der Waals surface area contributed by atoms with Crippen LogP contribution < -0.4 is 5.32 Å². The third-order valence-electron chi connectivity index (χ3n) is 1.64. The summed E-state index contributed by atoms with van der Waals surface area (Å²) in [5.41, 5.74) is 0.506. The molecule has 4 heteroatoms. The number of carbonyl (C=O) groups is 2. The van der Waals surface area contributed by atoms with Crippen molar-refractivity contribution in [3.05, 3.63) is 34.9 Å². The molecular weight excluding hydrogens is 202 g/mol. The Hall–Kier alpha value is -1.35. The predicted octanol–water partition coefficient (Wildman–Crippen LogP) is 1.66. The first-order valence-electron chi connectivity index (χ1n) is 4.13. The Morgan fingerprint density at radius 3 is 2.71 bits per heavy atom. The molecule has 0 spiro atoms. The summed E-state index contributed by atoms with van der Waals surface area (Å²) < 4.78 is 0. The molecule has 1 aromatic carbocycles. The van der Waals surface area contributed by atoms with Crippen molar-refractivity contribution in [1.29, 1.82) is 0 Å². The molecule has 0 radical (unpaired) electrons. The van der Waals surface area contributed by atoms with Crippen LogP contribution in [0.1, 0.15) is 17.3 Å². The molecule has 0 unspecified atom stereocenters. The van der Waals surface area contributed by atoms with Crippen molar-refractivity contribution in [2.45, 2.75) is 6.92 Å². The van der Waals surface area contributed by atoms with E-state index in [2.05, 4.69) is 5.32 Å². The lowest BCUT2D eigenvalue weighted by Gasteiger charge is -2.01. The number of rotatable bonds is 3. The molecule has 0 atom stereocenters. The Balaban J connectivity index is 2.65. The SMILES string of the molecule is CC(=O)NCC(=O)c1cccc(Cl)c1. The van der Waals surface area contributed by atoms with Crippen LogP contribution in [0.4, 0.5) is 0 Å². The number of hydrogen-bond acceptors (Lipinski definition) is 2. The zero-order valence-electron chi connectivity index (χ0n) is 7.71. The van der Waals surface area contributed by atoms with Crippen molar-refractivity contribution in [1.82, 2.24) is 5.32 Å². The lowest BCUT2D eigenvalue weighted by Crippen LogP contribution is -2.27. The lowest BCUT2D eigenvalue weighted by molar-refractivity contribution is -0.118. The first-order valence-corrected chi connectivity index (χ1v) is 4.50. The maximum Gasteiger partial charge on any atom is 0.217 e. The first kappa shape index (κ1) is 10.7. The maximum absolute atomic E-state index is 11.4. The van der Waals surface area contributed by atoms with E-state index in [4.69, 9.17) is 11.6 Å². The zero-order valence-corrected chi connectivity index (χ0v) is 8.47. The Morgan fingerprint density at radius 1 is 1.43 bits per heavy atom. The van der Waals surface area contributed by atoms with E-state index in [1.54, 1.807) is 24.3 Å². The minimum Gasteiger partial charge on any atom is -0.349 e. The Labute approximate surface area is 87.1 Å². The fraction of sp³-hybridized carbons (Fsp3) is 0.200. The topological polar surface area (TPSA) is 46.2 Å². The standard InChI is InChI=1S/C10H10ClNO2/c1-7(13)12-6-10(14)8-3-2-4-9(11)5-8/h2-5H,6H2,1H3,(H,12,13). The van der Waals surface area contributed by atoms with E-state index < -0.39 is 0 Å².